The van der Waals surface area contributed by atoms with Gasteiger partial charge in [-0.2, -0.15) is 13.2 Å². The van der Waals surface area contributed by atoms with Gasteiger partial charge in [0.1, 0.15) is 5.82 Å². The summed E-state index contributed by atoms with van der Waals surface area (Å²) in [5, 5.41) is 0. The first-order chi connectivity index (χ1) is 18.3. The van der Waals surface area contributed by atoms with Crippen LogP contribution in [0.1, 0.15) is 61.8 Å². The number of alkyl halides is 4. The maximum atomic E-state index is 14.8. The molecule has 4 atom stereocenters. The van der Waals surface area contributed by atoms with E-state index in [9.17, 15) is 31.5 Å². The van der Waals surface area contributed by atoms with Crippen LogP contribution in [0.4, 0.5) is 22.0 Å². The third-order valence-electron chi connectivity index (χ3n) is 9.16. The average Bonchev–Trinajstić information content (AvgIpc) is 3.49. The topological polar surface area (TPSA) is 40.6 Å². The van der Waals surface area contributed by atoms with Crippen molar-refractivity contribution in [2.45, 2.75) is 75.7 Å². The molecule has 0 spiro atoms. The van der Waals surface area contributed by atoms with E-state index in [-0.39, 0.29) is 29.6 Å². The summed E-state index contributed by atoms with van der Waals surface area (Å²) in [7, 11) is 0. The van der Waals surface area contributed by atoms with Crippen LogP contribution in [0.5, 0.6) is 0 Å². The lowest BCUT2D eigenvalue weighted by Gasteiger charge is -2.44. The molecule has 0 bridgehead atoms. The first-order valence-corrected chi connectivity index (χ1v) is 13.5. The molecule has 3 aliphatic rings. The summed E-state index contributed by atoms with van der Waals surface area (Å²) in [4.78, 5) is 29.0. The molecule has 2 aliphatic heterocycles. The zero-order chi connectivity index (χ0) is 28.2. The van der Waals surface area contributed by atoms with Gasteiger partial charge < -0.3 is 9.80 Å². The number of amides is 2. The Labute approximate surface area is 225 Å². The highest BCUT2D eigenvalue weighted by atomic mass is 19.4. The van der Waals surface area contributed by atoms with Gasteiger partial charge in [-0.15, -0.1) is 0 Å². The Morgan fingerprint density at radius 2 is 1.74 bits per heavy atom. The van der Waals surface area contributed by atoms with Gasteiger partial charge in [0.2, 0.25) is 17.5 Å². The van der Waals surface area contributed by atoms with E-state index >= 15 is 0 Å². The highest BCUT2D eigenvalue weighted by Gasteiger charge is 2.55. The molecule has 0 radical (unpaired) electrons. The van der Waals surface area contributed by atoms with Gasteiger partial charge in [0.05, 0.1) is 0 Å². The van der Waals surface area contributed by atoms with Crippen LogP contribution in [0.15, 0.2) is 42.5 Å². The molecule has 210 valence electrons. The van der Waals surface area contributed by atoms with E-state index in [0.717, 1.165) is 17.5 Å². The number of aryl methyl sites for hydroxylation is 1. The summed E-state index contributed by atoms with van der Waals surface area (Å²) in [6, 6.07) is 10.1. The second-order valence-corrected chi connectivity index (χ2v) is 11.5. The summed E-state index contributed by atoms with van der Waals surface area (Å²) in [5.74, 6) is -0.251. The monoisotopic (exact) mass is 548 g/mol. The lowest BCUT2D eigenvalue weighted by atomic mass is 9.63. The fraction of sp³-hybridized carbons (Fsp3) is 0.533. The van der Waals surface area contributed by atoms with Gasteiger partial charge in [-0.1, -0.05) is 30.3 Å². The average molecular weight is 549 g/mol. The van der Waals surface area contributed by atoms with E-state index in [0.29, 0.717) is 64.2 Å². The molecule has 2 amide bonds. The number of fused-ring (bicyclic) bond motifs is 3. The van der Waals surface area contributed by atoms with Gasteiger partial charge >= 0.3 is 6.18 Å². The smallest absolute Gasteiger partial charge is 0.343 e. The molecule has 39 heavy (non-hydrogen) atoms. The van der Waals surface area contributed by atoms with E-state index in [1.54, 1.807) is 23.1 Å². The molecule has 2 heterocycles. The standard InChI is InChI=1S/C30H33F5N2O2/c1-19(38)36-13-11-21(18-36)15-27(39)37-14-12-29(17-20-3-7-24(31)8-4-20)25-9-6-23(28(2,32)30(33,34)35)16-22(25)5-10-26(29)37/h3-4,6-9,16,21,26H,5,10-15,17-18H2,1-2H3/t21-,26+,28?,29+/m0/s1. The first kappa shape index (κ1) is 27.6. The van der Waals surface area contributed by atoms with Crippen LogP contribution in [0.25, 0.3) is 0 Å². The van der Waals surface area contributed by atoms with E-state index in [2.05, 4.69) is 0 Å². The maximum Gasteiger partial charge on any atom is 0.426 e. The Balaban J connectivity index is 1.47. The van der Waals surface area contributed by atoms with Gasteiger partial charge in [0.25, 0.3) is 0 Å². The van der Waals surface area contributed by atoms with Gasteiger partial charge in [0.15, 0.2) is 0 Å². The molecule has 0 saturated carbocycles. The number of halogens is 5. The molecular weight excluding hydrogens is 515 g/mol. The van der Waals surface area contributed by atoms with Crippen LogP contribution >= 0.6 is 0 Å². The number of nitrogens with zero attached hydrogens (tertiary/aromatic N) is 2. The Bertz CT molecular complexity index is 1260. The maximum absolute atomic E-state index is 14.8. The number of likely N-dealkylation sites (tertiary alicyclic amines) is 2. The minimum Gasteiger partial charge on any atom is -0.343 e. The number of rotatable bonds is 5. The predicted molar refractivity (Wildman–Crippen MR) is 136 cm³/mol. The number of hydrogen-bond donors (Lipinski definition) is 0. The fourth-order valence-electron chi connectivity index (χ4n) is 6.94. The molecule has 0 N–H and O–H groups in total. The lowest BCUT2D eigenvalue weighted by Crippen LogP contribution is -2.49. The molecule has 2 aromatic carbocycles. The molecule has 0 aromatic heterocycles. The van der Waals surface area contributed by atoms with Gasteiger partial charge in [-0.3, -0.25) is 9.59 Å². The summed E-state index contributed by atoms with van der Waals surface area (Å²) in [5.41, 5.74) is -2.11. The van der Waals surface area contributed by atoms with Gasteiger partial charge in [0, 0.05) is 44.4 Å². The van der Waals surface area contributed by atoms with E-state index in [4.69, 9.17) is 0 Å². The van der Waals surface area contributed by atoms with Crippen molar-refractivity contribution >= 4 is 11.8 Å². The Kier molecular flexibility index (Phi) is 7.00. The van der Waals surface area contributed by atoms with Crippen molar-refractivity contribution in [3.05, 3.63) is 70.5 Å². The number of carbonyl (C=O) groups excluding carboxylic acids is 2. The van der Waals surface area contributed by atoms with Gasteiger partial charge in [-0.25, -0.2) is 8.78 Å². The van der Waals surface area contributed by atoms with Crippen LogP contribution in [0.3, 0.4) is 0 Å². The van der Waals surface area contributed by atoms with Gasteiger partial charge in [-0.05, 0) is 79.3 Å². The molecule has 5 rings (SSSR count). The number of hydrogen-bond acceptors (Lipinski definition) is 2. The van der Waals surface area contributed by atoms with Crippen molar-refractivity contribution in [1.82, 2.24) is 9.80 Å². The molecule has 2 aromatic rings. The molecule has 2 fully saturated rings. The summed E-state index contributed by atoms with van der Waals surface area (Å²) in [6.07, 6.45) is -1.87. The fourth-order valence-corrected chi connectivity index (χ4v) is 6.94. The normalized spacial score (nSPS) is 26.2. The molecule has 4 nitrogen and oxygen atoms in total. The lowest BCUT2D eigenvalue weighted by molar-refractivity contribution is -0.228. The summed E-state index contributed by atoms with van der Waals surface area (Å²) < 4.78 is 68.9. The minimum absolute atomic E-state index is 0.00240. The Morgan fingerprint density at radius 3 is 2.38 bits per heavy atom. The molecule has 1 unspecified atom stereocenters. The van der Waals surface area contributed by atoms with Crippen LogP contribution in [-0.2, 0) is 33.5 Å². The van der Waals surface area contributed by atoms with Crippen molar-refractivity contribution < 1.29 is 31.5 Å². The van der Waals surface area contributed by atoms with Crippen LogP contribution in [-0.4, -0.2) is 53.5 Å². The van der Waals surface area contributed by atoms with Crippen molar-refractivity contribution in [1.29, 1.82) is 0 Å². The van der Waals surface area contributed by atoms with Crippen molar-refractivity contribution in [2.24, 2.45) is 5.92 Å². The van der Waals surface area contributed by atoms with Crippen LogP contribution < -0.4 is 0 Å². The Hall–Kier alpha value is -2.97. The molecular formula is C30H33F5N2O2. The predicted octanol–water partition coefficient (Wildman–Crippen LogP) is 5.86. The first-order valence-electron chi connectivity index (χ1n) is 13.5. The Morgan fingerprint density at radius 1 is 1.03 bits per heavy atom. The second kappa shape index (κ2) is 9.89. The second-order valence-electron chi connectivity index (χ2n) is 11.5. The zero-order valence-corrected chi connectivity index (χ0v) is 22.2. The van der Waals surface area contributed by atoms with E-state index in [1.165, 1.54) is 31.2 Å². The van der Waals surface area contributed by atoms with E-state index < -0.39 is 22.8 Å². The minimum atomic E-state index is -5.04. The van der Waals surface area contributed by atoms with Crippen molar-refractivity contribution in [3.63, 3.8) is 0 Å². The third-order valence-corrected chi connectivity index (χ3v) is 9.16. The molecule has 9 heteroatoms. The third kappa shape index (κ3) is 4.93. The number of carbonyl (C=O) groups is 2. The van der Waals surface area contributed by atoms with Crippen molar-refractivity contribution in [3.8, 4) is 0 Å². The number of benzene rings is 2. The highest BCUT2D eigenvalue weighted by molar-refractivity contribution is 5.78. The zero-order valence-electron chi connectivity index (χ0n) is 22.2. The quantitative estimate of drug-likeness (QED) is 0.440. The molecule has 2 saturated heterocycles. The van der Waals surface area contributed by atoms with E-state index in [1.807, 2.05) is 4.90 Å². The van der Waals surface area contributed by atoms with Crippen molar-refractivity contribution in [2.75, 3.05) is 19.6 Å². The largest absolute Gasteiger partial charge is 0.426 e. The summed E-state index contributed by atoms with van der Waals surface area (Å²) in [6.45, 7) is 3.78. The highest BCUT2D eigenvalue weighted by Crippen LogP contribution is 2.51. The SMILES string of the molecule is CC(=O)N1CC[C@@H](CC(=O)N2CC[C@@]3(Cc4ccc(F)cc4)c4ccc(C(C)(F)C(F)(F)F)cc4CC[C@@H]23)C1. The van der Waals surface area contributed by atoms with Crippen LogP contribution in [0.2, 0.25) is 0 Å². The van der Waals surface area contributed by atoms with Crippen LogP contribution in [0, 0.1) is 11.7 Å². The molecule has 1 aliphatic carbocycles. The summed E-state index contributed by atoms with van der Waals surface area (Å²) >= 11 is 0.